The van der Waals surface area contributed by atoms with Gasteiger partial charge in [-0.05, 0) is 38.3 Å². The number of nitriles is 1. The standard InChI is InChI=1S/C18H24N4O2/c1-13(2)24-16-3-4-17(20-8-16)15-10-22(11-15)18(23)7-14-5-6-21(9-14)12-19/h3-4,8,13-15H,5-7,9-11H2,1-2H3. The van der Waals surface area contributed by atoms with E-state index in [1.54, 1.807) is 11.1 Å². The first-order chi connectivity index (χ1) is 11.5. The first-order valence-electron chi connectivity index (χ1n) is 8.60. The molecule has 0 spiro atoms. The zero-order chi connectivity index (χ0) is 17.1. The van der Waals surface area contributed by atoms with E-state index < -0.39 is 0 Å². The Morgan fingerprint density at radius 1 is 1.42 bits per heavy atom. The molecule has 1 atom stereocenters. The zero-order valence-corrected chi connectivity index (χ0v) is 14.3. The molecule has 0 aromatic carbocycles. The Balaban J connectivity index is 1.45. The van der Waals surface area contributed by atoms with E-state index in [4.69, 9.17) is 10.00 Å². The number of carbonyl (C=O) groups is 1. The lowest BCUT2D eigenvalue weighted by Gasteiger charge is -2.39. The molecular formula is C18H24N4O2. The number of ether oxygens (including phenoxy) is 1. The van der Waals surface area contributed by atoms with Gasteiger partial charge in [0.25, 0.3) is 0 Å². The van der Waals surface area contributed by atoms with Crippen LogP contribution in [0.25, 0.3) is 0 Å². The van der Waals surface area contributed by atoms with Gasteiger partial charge in [-0.3, -0.25) is 9.78 Å². The van der Waals surface area contributed by atoms with Crippen LogP contribution in [0.5, 0.6) is 5.75 Å². The van der Waals surface area contributed by atoms with Gasteiger partial charge in [-0.2, -0.15) is 5.26 Å². The molecule has 24 heavy (non-hydrogen) atoms. The van der Waals surface area contributed by atoms with Gasteiger partial charge in [-0.15, -0.1) is 0 Å². The molecule has 0 aliphatic carbocycles. The molecule has 0 bridgehead atoms. The van der Waals surface area contributed by atoms with Gasteiger partial charge in [0.15, 0.2) is 6.19 Å². The molecule has 2 saturated heterocycles. The Labute approximate surface area is 143 Å². The lowest BCUT2D eigenvalue weighted by Crippen LogP contribution is -2.49. The van der Waals surface area contributed by atoms with Gasteiger partial charge in [-0.25, -0.2) is 0 Å². The number of aromatic nitrogens is 1. The fourth-order valence-electron chi connectivity index (χ4n) is 3.31. The topological polar surface area (TPSA) is 69.5 Å². The van der Waals surface area contributed by atoms with Gasteiger partial charge in [0.1, 0.15) is 5.75 Å². The summed E-state index contributed by atoms with van der Waals surface area (Å²) in [6.07, 6.45) is 5.55. The molecule has 2 fully saturated rings. The van der Waals surface area contributed by atoms with Crippen LogP contribution in [0.2, 0.25) is 0 Å². The van der Waals surface area contributed by atoms with Crippen molar-refractivity contribution in [3.05, 3.63) is 24.0 Å². The maximum atomic E-state index is 12.3. The Bertz CT molecular complexity index is 617. The summed E-state index contributed by atoms with van der Waals surface area (Å²) < 4.78 is 5.60. The van der Waals surface area contributed by atoms with Crippen molar-refractivity contribution in [3.8, 4) is 11.9 Å². The number of hydrogen-bond acceptors (Lipinski definition) is 5. The third kappa shape index (κ3) is 3.78. The van der Waals surface area contributed by atoms with E-state index in [1.165, 1.54) is 0 Å². The second-order valence-corrected chi connectivity index (χ2v) is 6.99. The number of likely N-dealkylation sites (tertiary alicyclic amines) is 2. The second-order valence-electron chi connectivity index (χ2n) is 6.99. The lowest BCUT2D eigenvalue weighted by atomic mass is 9.94. The van der Waals surface area contributed by atoms with Gasteiger partial charge in [0.2, 0.25) is 5.91 Å². The van der Waals surface area contributed by atoms with Crippen molar-refractivity contribution >= 4 is 5.91 Å². The minimum Gasteiger partial charge on any atom is -0.489 e. The monoisotopic (exact) mass is 328 g/mol. The third-order valence-corrected chi connectivity index (χ3v) is 4.67. The van der Waals surface area contributed by atoms with Gasteiger partial charge >= 0.3 is 0 Å². The quantitative estimate of drug-likeness (QED) is 0.773. The highest BCUT2D eigenvalue weighted by Crippen LogP contribution is 2.29. The minimum atomic E-state index is 0.141. The summed E-state index contributed by atoms with van der Waals surface area (Å²) in [6, 6.07) is 3.94. The molecule has 3 rings (SSSR count). The van der Waals surface area contributed by atoms with Crippen LogP contribution in [-0.2, 0) is 4.79 Å². The molecular weight excluding hydrogens is 304 g/mol. The van der Waals surface area contributed by atoms with Crippen molar-refractivity contribution in [2.45, 2.75) is 38.7 Å². The average Bonchev–Trinajstić information content (AvgIpc) is 2.94. The Morgan fingerprint density at radius 3 is 2.79 bits per heavy atom. The largest absolute Gasteiger partial charge is 0.489 e. The fraction of sp³-hybridized carbons (Fsp3) is 0.611. The van der Waals surface area contributed by atoms with Crippen molar-refractivity contribution in [1.82, 2.24) is 14.8 Å². The summed E-state index contributed by atoms with van der Waals surface area (Å²) in [5.74, 6) is 1.63. The normalized spacial score (nSPS) is 20.8. The molecule has 0 saturated carbocycles. The van der Waals surface area contributed by atoms with Gasteiger partial charge < -0.3 is 14.5 Å². The van der Waals surface area contributed by atoms with E-state index >= 15 is 0 Å². The average molecular weight is 328 g/mol. The first kappa shape index (κ1) is 16.6. The molecule has 1 amide bonds. The fourth-order valence-corrected chi connectivity index (χ4v) is 3.31. The molecule has 2 aliphatic rings. The Morgan fingerprint density at radius 2 is 2.21 bits per heavy atom. The van der Waals surface area contributed by atoms with E-state index in [9.17, 15) is 4.79 Å². The molecule has 3 heterocycles. The predicted octanol–water partition coefficient (Wildman–Crippen LogP) is 1.99. The minimum absolute atomic E-state index is 0.141. The number of nitrogens with zero attached hydrogens (tertiary/aromatic N) is 4. The smallest absolute Gasteiger partial charge is 0.222 e. The van der Waals surface area contributed by atoms with Crippen molar-refractivity contribution in [2.75, 3.05) is 26.2 Å². The second kappa shape index (κ2) is 7.08. The van der Waals surface area contributed by atoms with Crippen LogP contribution in [0.15, 0.2) is 18.3 Å². The summed E-state index contributed by atoms with van der Waals surface area (Å²) in [5.41, 5.74) is 1.02. The zero-order valence-electron chi connectivity index (χ0n) is 14.3. The van der Waals surface area contributed by atoms with Crippen LogP contribution in [0.3, 0.4) is 0 Å². The van der Waals surface area contributed by atoms with Crippen LogP contribution in [-0.4, -0.2) is 53.0 Å². The molecule has 2 aliphatic heterocycles. The molecule has 1 aromatic heterocycles. The summed E-state index contributed by atoms with van der Waals surface area (Å²) in [4.78, 5) is 20.4. The highest BCUT2D eigenvalue weighted by Gasteiger charge is 2.34. The van der Waals surface area contributed by atoms with Crippen molar-refractivity contribution < 1.29 is 9.53 Å². The molecule has 0 radical (unpaired) electrons. The van der Waals surface area contributed by atoms with E-state index in [0.29, 0.717) is 18.3 Å². The van der Waals surface area contributed by atoms with Crippen LogP contribution in [0.4, 0.5) is 0 Å². The number of rotatable bonds is 5. The van der Waals surface area contributed by atoms with Crippen LogP contribution in [0, 0.1) is 17.4 Å². The number of carbonyl (C=O) groups excluding carboxylic acids is 1. The molecule has 1 unspecified atom stereocenters. The van der Waals surface area contributed by atoms with Crippen molar-refractivity contribution in [1.29, 1.82) is 5.26 Å². The summed E-state index contributed by atoms with van der Waals surface area (Å²) >= 11 is 0. The highest BCUT2D eigenvalue weighted by atomic mass is 16.5. The van der Waals surface area contributed by atoms with E-state index in [-0.39, 0.29) is 12.0 Å². The molecule has 128 valence electrons. The highest BCUT2D eigenvalue weighted by molar-refractivity contribution is 5.77. The van der Waals surface area contributed by atoms with Crippen molar-refractivity contribution in [3.63, 3.8) is 0 Å². The van der Waals surface area contributed by atoms with Crippen LogP contribution in [0.1, 0.15) is 38.3 Å². The van der Waals surface area contributed by atoms with Crippen LogP contribution < -0.4 is 4.74 Å². The van der Waals surface area contributed by atoms with Gasteiger partial charge in [-0.1, -0.05) is 0 Å². The maximum absolute atomic E-state index is 12.3. The SMILES string of the molecule is CC(C)Oc1ccc(C2CN(C(=O)CC3CCN(C#N)C3)C2)nc1. The first-order valence-corrected chi connectivity index (χ1v) is 8.60. The summed E-state index contributed by atoms with van der Waals surface area (Å²) in [6.45, 7) is 6.97. The van der Waals surface area contributed by atoms with Crippen molar-refractivity contribution in [2.24, 2.45) is 5.92 Å². The van der Waals surface area contributed by atoms with Gasteiger partial charge in [0, 0.05) is 44.2 Å². The molecule has 1 aromatic rings. The number of pyridine rings is 1. The maximum Gasteiger partial charge on any atom is 0.222 e. The molecule has 0 N–H and O–H groups in total. The van der Waals surface area contributed by atoms with E-state index in [1.807, 2.05) is 30.9 Å². The summed E-state index contributed by atoms with van der Waals surface area (Å²) in [5, 5.41) is 8.88. The van der Waals surface area contributed by atoms with Gasteiger partial charge in [0.05, 0.1) is 12.3 Å². The van der Waals surface area contributed by atoms with E-state index in [0.717, 1.165) is 44.0 Å². The van der Waals surface area contributed by atoms with Crippen LogP contribution >= 0.6 is 0 Å². The predicted molar refractivity (Wildman–Crippen MR) is 89.2 cm³/mol. The lowest BCUT2D eigenvalue weighted by molar-refractivity contribution is -0.136. The molecule has 6 heteroatoms. The Hall–Kier alpha value is -2.29. The summed E-state index contributed by atoms with van der Waals surface area (Å²) in [7, 11) is 0. The number of amides is 1. The van der Waals surface area contributed by atoms with E-state index in [2.05, 4.69) is 11.2 Å². The molecule has 6 nitrogen and oxygen atoms in total. The Kier molecular flexibility index (Phi) is 4.89. The third-order valence-electron chi connectivity index (χ3n) is 4.67. The number of hydrogen-bond donors (Lipinski definition) is 0.